The first-order valence-electron chi connectivity index (χ1n) is 5.99. The lowest BCUT2D eigenvalue weighted by molar-refractivity contribution is -0.120. The van der Waals surface area contributed by atoms with Crippen LogP contribution >= 0.6 is 0 Å². The first-order chi connectivity index (χ1) is 8.93. The van der Waals surface area contributed by atoms with Gasteiger partial charge in [-0.05, 0) is 44.2 Å². The number of nitrogens with two attached hydrogens (primary N) is 1. The van der Waals surface area contributed by atoms with Crippen LogP contribution in [0.5, 0.6) is 0 Å². The Kier molecular flexibility index (Phi) is 3.62. The number of hydrogen-bond acceptors (Lipinski definition) is 4. The van der Waals surface area contributed by atoms with Gasteiger partial charge in [-0.1, -0.05) is 0 Å². The third-order valence-corrected chi connectivity index (χ3v) is 4.85. The molecule has 104 valence electrons. The molecule has 1 aromatic carbocycles. The van der Waals surface area contributed by atoms with Crippen LogP contribution in [0.3, 0.4) is 0 Å². The number of carbonyl (C=O) groups excluding carboxylic acids is 1. The molecule has 0 unspecified atom stereocenters. The summed E-state index contributed by atoms with van der Waals surface area (Å²) in [7, 11) is -2.10. The third kappa shape index (κ3) is 2.78. The Hall–Kier alpha value is -1.44. The van der Waals surface area contributed by atoms with Crippen molar-refractivity contribution in [1.29, 1.82) is 0 Å². The fourth-order valence-electron chi connectivity index (χ4n) is 1.77. The Morgan fingerprint density at radius 1 is 1.32 bits per heavy atom. The van der Waals surface area contributed by atoms with E-state index in [9.17, 15) is 13.2 Å². The SMILES string of the molecule is CNS(=O)(=O)c1ccc(NC(=O)C2(CN)CC2)cc1. The zero-order chi connectivity index (χ0) is 14.1. The van der Waals surface area contributed by atoms with Crippen molar-refractivity contribution < 1.29 is 13.2 Å². The van der Waals surface area contributed by atoms with Crippen molar-refractivity contribution in [1.82, 2.24) is 4.72 Å². The minimum atomic E-state index is -3.45. The minimum absolute atomic E-state index is 0.0979. The van der Waals surface area contributed by atoms with Crippen LogP contribution in [-0.2, 0) is 14.8 Å². The summed E-state index contributed by atoms with van der Waals surface area (Å²) in [5.74, 6) is -0.0979. The van der Waals surface area contributed by atoms with Gasteiger partial charge in [0.2, 0.25) is 15.9 Å². The second kappa shape index (κ2) is 4.92. The molecule has 1 aliphatic rings. The summed E-state index contributed by atoms with van der Waals surface area (Å²) in [6.45, 7) is 0.338. The molecule has 19 heavy (non-hydrogen) atoms. The number of carbonyl (C=O) groups is 1. The Labute approximate surface area is 112 Å². The van der Waals surface area contributed by atoms with Crippen LogP contribution in [-0.4, -0.2) is 27.9 Å². The molecule has 1 aliphatic carbocycles. The number of sulfonamides is 1. The highest BCUT2D eigenvalue weighted by Gasteiger charge is 2.48. The van der Waals surface area contributed by atoms with E-state index in [1.165, 1.54) is 19.2 Å². The maximum atomic E-state index is 11.9. The first kappa shape index (κ1) is 14.0. The van der Waals surface area contributed by atoms with Crippen molar-refractivity contribution >= 4 is 21.6 Å². The van der Waals surface area contributed by atoms with Gasteiger partial charge in [0.25, 0.3) is 0 Å². The number of amides is 1. The smallest absolute Gasteiger partial charge is 0.240 e. The predicted molar refractivity (Wildman–Crippen MR) is 72.0 cm³/mol. The average Bonchev–Trinajstić information content (AvgIpc) is 3.20. The highest BCUT2D eigenvalue weighted by atomic mass is 32.2. The molecule has 0 aromatic heterocycles. The quantitative estimate of drug-likeness (QED) is 0.722. The van der Waals surface area contributed by atoms with Gasteiger partial charge in [-0.3, -0.25) is 4.79 Å². The summed E-state index contributed by atoms with van der Waals surface area (Å²) in [4.78, 5) is 12.1. The van der Waals surface area contributed by atoms with Gasteiger partial charge in [-0.2, -0.15) is 0 Å². The fraction of sp³-hybridized carbons (Fsp3) is 0.417. The largest absolute Gasteiger partial charge is 0.329 e. The fourth-order valence-corrected chi connectivity index (χ4v) is 2.50. The molecule has 7 heteroatoms. The number of benzene rings is 1. The van der Waals surface area contributed by atoms with Crippen LogP contribution < -0.4 is 15.8 Å². The van der Waals surface area contributed by atoms with Gasteiger partial charge >= 0.3 is 0 Å². The van der Waals surface area contributed by atoms with Crippen LogP contribution in [0.15, 0.2) is 29.2 Å². The Morgan fingerprint density at radius 3 is 2.32 bits per heavy atom. The Bertz CT molecular complexity index is 577. The number of nitrogens with one attached hydrogen (secondary N) is 2. The molecule has 1 amide bonds. The van der Waals surface area contributed by atoms with Crippen molar-refractivity contribution in [3.63, 3.8) is 0 Å². The molecular formula is C12H17N3O3S. The summed E-state index contributed by atoms with van der Waals surface area (Å²) >= 11 is 0. The van der Waals surface area contributed by atoms with E-state index in [1.807, 2.05) is 0 Å². The van der Waals surface area contributed by atoms with Gasteiger partial charge in [0.05, 0.1) is 10.3 Å². The highest BCUT2D eigenvalue weighted by Crippen LogP contribution is 2.45. The van der Waals surface area contributed by atoms with Gasteiger partial charge in [-0.25, -0.2) is 13.1 Å². The normalized spacial score (nSPS) is 16.9. The van der Waals surface area contributed by atoms with E-state index in [-0.39, 0.29) is 10.8 Å². The molecule has 0 saturated heterocycles. The second-order valence-electron chi connectivity index (χ2n) is 4.67. The number of rotatable bonds is 5. The molecule has 1 fully saturated rings. The number of anilines is 1. The Morgan fingerprint density at radius 2 is 1.89 bits per heavy atom. The van der Waals surface area contributed by atoms with Gasteiger partial charge in [0.1, 0.15) is 0 Å². The van der Waals surface area contributed by atoms with E-state index in [2.05, 4.69) is 10.0 Å². The van der Waals surface area contributed by atoms with Gasteiger partial charge in [0.15, 0.2) is 0 Å². The zero-order valence-corrected chi connectivity index (χ0v) is 11.5. The second-order valence-corrected chi connectivity index (χ2v) is 6.56. The first-order valence-corrected chi connectivity index (χ1v) is 7.47. The van der Waals surface area contributed by atoms with E-state index in [0.717, 1.165) is 12.8 Å². The standard InChI is InChI=1S/C12H17N3O3S/c1-14-19(17,18)10-4-2-9(3-5-10)15-11(16)12(8-13)6-7-12/h2-5,14H,6-8,13H2,1H3,(H,15,16). The summed E-state index contributed by atoms with van der Waals surface area (Å²) in [6.07, 6.45) is 1.61. The lowest BCUT2D eigenvalue weighted by atomic mass is 10.1. The summed E-state index contributed by atoms with van der Waals surface area (Å²) in [5.41, 5.74) is 5.72. The lowest BCUT2D eigenvalue weighted by Gasteiger charge is -2.13. The average molecular weight is 283 g/mol. The van der Waals surface area contributed by atoms with E-state index in [0.29, 0.717) is 12.2 Å². The van der Waals surface area contributed by atoms with Crippen molar-refractivity contribution in [2.45, 2.75) is 17.7 Å². The Balaban J connectivity index is 2.10. The molecule has 0 heterocycles. The van der Waals surface area contributed by atoms with Crippen LogP contribution in [0.4, 0.5) is 5.69 Å². The maximum Gasteiger partial charge on any atom is 0.240 e. The maximum absolute atomic E-state index is 11.9. The monoisotopic (exact) mass is 283 g/mol. The highest BCUT2D eigenvalue weighted by molar-refractivity contribution is 7.89. The topological polar surface area (TPSA) is 101 Å². The van der Waals surface area contributed by atoms with Gasteiger partial charge in [0, 0.05) is 12.2 Å². The molecule has 0 atom stereocenters. The van der Waals surface area contributed by atoms with Crippen LogP contribution in [0.25, 0.3) is 0 Å². The van der Waals surface area contributed by atoms with E-state index < -0.39 is 15.4 Å². The molecule has 2 rings (SSSR count). The van der Waals surface area contributed by atoms with Crippen molar-refractivity contribution in [3.05, 3.63) is 24.3 Å². The third-order valence-electron chi connectivity index (χ3n) is 3.42. The summed E-state index contributed by atoms with van der Waals surface area (Å²) in [5, 5.41) is 2.76. The lowest BCUT2D eigenvalue weighted by Crippen LogP contribution is -2.30. The van der Waals surface area contributed by atoms with Gasteiger partial charge < -0.3 is 11.1 Å². The van der Waals surface area contributed by atoms with E-state index in [4.69, 9.17) is 5.73 Å². The van der Waals surface area contributed by atoms with Crippen LogP contribution in [0.2, 0.25) is 0 Å². The molecule has 4 N–H and O–H groups in total. The van der Waals surface area contributed by atoms with Crippen LogP contribution in [0.1, 0.15) is 12.8 Å². The molecular weight excluding hydrogens is 266 g/mol. The minimum Gasteiger partial charge on any atom is -0.329 e. The molecule has 0 bridgehead atoms. The molecule has 0 radical (unpaired) electrons. The molecule has 0 spiro atoms. The molecule has 0 aliphatic heterocycles. The van der Waals surface area contributed by atoms with Crippen molar-refractivity contribution in [3.8, 4) is 0 Å². The molecule has 1 saturated carbocycles. The predicted octanol–water partition coefficient (Wildman–Crippen LogP) is 0.272. The van der Waals surface area contributed by atoms with E-state index >= 15 is 0 Å². The van der Waals surface area contributed by atoms with Gasteiger partial charge in [-0.15, -0.1) is 0 Å². The molecule has 6 nitrogen and oxygen atoms in total. The molecule has 1 aromatic rings. The van der Waals surface area contributed by atoms with Crippen molar-refractivity contribution in [2.75, 3.05) is 18.9 Å². The summed E-state index contributed by atoms with van der Waals surface area (Å²) < 4.78 is 25.3. The van der Waals surface area contributed by atoms with E-state index in [1.54, 1.807) is 12.1 Å². The zero-order valence-electron chi connectivity index (χ0n) is 10.6. The van der Waals surface area contributed by atoms with Crippen LogP contribution in [0, 0.1) is 5.41 Å². The number of hydrogen-bond donors (Lipinski definition) is 3. The summed E-state index contributed by atoms with van der Waals surface area (Å²) in [6, 6.07) is 6.02. The van der Waals surface area contributed by atoms with Crippen molar-refractivity contribution in [2.24, 2.45) is 11.1 Å².